The molecule has 0 saturated carbocycles. The summed E-state index contributed by atoms with van der Waals surface area (Å²) in [6.45, 7) is 5.61. The Kier molecular flexibility index (Phi) is 4.57. The zero-order valence-corrected chi connectivity index (χ0v) is 12.2. The quantitative estimate of drug-likeness (QED) is 0.681. The van der Waals surface area contributed by atoms with Crippen molar-refractivity contribution in [3.05, 3.63) is 39.9 Å². The number of aliphatic carboxylic acids is 1. The molecule has 1 fully saturated rings. The molecule has 1 aromatic carbocycles. The van der Waals surface area contributed by atoms with Crippen molar-refractivity contribution in [1.82, 2.24) is 4.90 Å². The van der Waals surface area contributed by atoms with E-state index in [2.05, 4.69) is 13.8 Å². The Morgan fingerprint density at radius 2 is 2.00 bits per heavy atom. The Bertz CT molecular complexity index is 536. The highest BCUT2D eigenvalue weighted by Crippen LogP contribution is 2.30. The second-order valence-corrected chi connectivity index (χ2v) is 5.99. The second kappa shape index (κ2) is 6.22. The lowest BCUT2D eigenvalue weighted by Gasteiger charge is -2.38. The summed E-state index contributed by atoms with van der Waals surface area (Å²) in [6, 6.07) is 5.11. The number of carbonyl (C=O) groups is 1. The number of hydrogen-bond donors (Lipinski definition) is 1. The molecule has 0 spiro atoms. The predicted molar refractivity (Wildman–Crippen MR) is 78.0 cm³/mol. The first-order valence-corrected chi connectivity index (χ1v) is 7.09. The van der Waals surface area contributed by atoms with Gasteiger partial charge in [-0.2, -0.15) is 0 Å². The minimum atomic E-state index is -0.961. The molecule has 21 heavy (non-hydrogen) atoms. The van der Waals surface area contributed by atoms with Crippen LogP contribution in [0.4, 0.5) is 5.69 Å². The summed E-state index contributed by atoms with van der Waals surface area (Å²) in [5, 5.41) is 20.4. The molecule has 6 nitrogen and oxygen atoms in total. The van der Waals surface area contributed by atoms with Gasteiger partial charge in [0.2, 0.25) is 0 Å². The molecule has 0 aliphatic carbocycles. The lowest BCUT2D eigenvalue weighted by atomic mass is 9.89. The van der Waals surface area contributed by atoms with Crippen LogP contribution in [-0.4, -0.2) is 34.0 Å². The molecule has 1 aliphatic heterocycles. The van der Waals surface area contributed by atoms with Crippen molar-refractivity contribution in [2.75, 3.05) is 13.1 Å². The highest BCUT2D eigenvalue weighted by molar-refractivity contribution is 5.76. The molecule has 1 N–H and O–H groups in total. The van der Waals surface area contributed by atoms with Gasteiger partial charge in [-0.05, 0) is 23.8 Å². The molecule has 0 aromatic heterocycles. The Morgan fingerprint density at radius 3 is 2.52 bits per heavy atom. The number of carboxylic acids is 1. The van der Waals surface area contributed by atoms with Crippen molar-refractivity contribution in [2.24, 2.45) is 11.8 Å². The summed E-state index contributed by atoms with van der Waals surface area (Å²) >= 11 is 0. The van der Waals surface area contributed by atoms with Gasteiger partial charge in [-0.15, -0.1) is 0 Å². The van der Waals surface area contributed by atoms with E-state index in [9.17, 15) is 20.0 Å². The van der Waals surface area contributed by atoms with E-state index in [-0.39, 0.29) is 5.69 Å². The fraction of sp³-hybridized carbons (Fsp3) is 0.533. The van der Waals surface area contributed by atoms with Crippen LogP contribution in [-0.2, 0) is 4.79 Å². The number of non-ortho nitro benzene ring substituents is 1. The lowest BCUT2D eigenvalue weighted by molar-refractivity contribution is -0.384. The molecule has 3 atom stereocenters. The van der Waals surface area contributed by atoms with Gasteiger partial charge in [0.05, 0.1) is 4.92 Å². The standard InChI is InChI=1S/C15H20N2O4/c1-10-6-11(2)9-16(8-10)14(15(18)19)12-4-3-5-13(7-12)17(20)21/h3-5,7,10-11,14H,6,8-9H2,1-2H3,(H,18,19). The highest BCUT2D eigenvalue weighted by atomic mass is 16.6. The van der Waals surface area contributed by atoms with Gasteiger partial charge in [0.25, 0.3) is 5.69 Å². The fourth-order valence-electron chi connectivity index (χ4n) is 3.24. The minimum Gasteiger partial charge on any atom is -0.480 e. The van der Waals surface area contributed by atoms with Crippen LogP contribution in [0.25, 0.3) is 0 Å². The molecule has 1 heterocycles. The highest BCUT2D eigenvalue weighted by Gasteiger charge is 2.33. The van der Waals surface area contributed by atoms with Crippen LogP contribution in [0.2, 0.25) is 0 Å². The van der Waals surface area contributed by atoms with Crippen molar-refractivity contribution in [3.63, 3.8) is 0 Å². The van der Waals surface area contributed by atoms with E-state index < -0.39 is 16.9 Å². The molecule has 3 unspecified atom stereocenters. The van der Waals surface area contributed by atoms with Crippen LogP contribution < -0.4 is 0 Å². The first-order valence-electron chi connectivity index (χ1n) is 7.09. The maximum Gasteiger partial charge on any atom is 0.325 e. The van der Waals surface area contributed by atoms with Gasteiger partial charge in [0, 0.05) is 25.2 Å². The van der Waals surface area contributed by atoms with Crippen LogP contribution >= 0.6 is 0 Å². The topological polar surface area (TPSA) is 83.7 Å². The van der Waals surface area contributed by atoms with Gasteiger partial charge in [-0.3, -0.25) is 19.8 Å². The number of nitrogens with zero attached hydrogens (tertiary/aromatic N) is 2. The molecule has 114 valence electrons. The van der Waals surface area contributed by atoms with Crippen LogP contribution in [0.15, 0.2) is 24.3 Å². The zero-order chi connectivity index (χ0) is 15.6. The molecule has 0 radical (unpaired) electrons. The van der Waals surface area contributed by atoms with E-state index in [4.69, 9.17) is 0 Å². The van der Waals surface area contributed by atoms with Crippen molar-refractivity contribution in [3.8, 4) is 0 Å². The van der Waals surface area contributed by atoms with Crippen LogP contribution in [0.5, 0.6) is 0 Å². The number of benzene rings is 1. The summed E-state index contributed by atoms with van der Waals surface area (Å²) in [6.07, 6.45) is 1.08. The van der Waals surface area contributed by atoms with Gasteiger partial charge in [0.15, 0.2) is 0 Å². The average Bonchev–Trinajstić information content (AvgIpc) is 2.37. The van der Waals surface area contributed by atoms with E-state index in [1.807, 2.05) is 4.90 Å². The van der Waals surface area contributed by atoms with Gasteiger partial charge < -0.3 is 5.11 Å². The largest absolute Gasteiger partial charge is 0.480 e. The average molecular weight is 292 g/mol. The third-order valence-corrected chi connectivity index (χ3v) is 3.89. The van der Waals surface area contributed by atoms with E-state index in [1.165, 1.54) is 12.1 Å². The molecule has 2 rings (SSSR count). The maximum atomic E-state index is 11.7. The van der Waals surface area contributed by atoms with Crippen molar-refractivity contribution in [1.29, 1.82) is 0 Å². The third kappa shape index (κ3) is 3.58. The minimum absolute atomic E-state index is 0.0724. The second-order valence-electron chi connectivity index (χ2n) is 5.99. The van der Waals surface area contributed by atoms with Crippen LogP contribution in [0, 0.1) is 22.0 Å². The monoisotopic (exact) mass is 292 g/mol. The fourth-order valence-corrected chi connectivity index (χ4v) is 3.24. The van der Waals surface area contributed by atoms with Crippen molar-refractivity contribution < 1.29 is 14.8 Å². The summed E-state index contributed by atoms with van der Waals surface area (Å²) in [5.41, 5.74) is 0.398. The molecule has 6 heteroatoms. The Labute approximate surface area is 123 Å². The first-order chi connectivity index (χ1) is 9.88. The van der Waals surface area contributed by atoms with E-state index in [1.54, 1.807) is 12.1 Å². The van der Waals surface area contributed by atoms with Gasteiger partial charge in [0.1, 0.15) is 6.04 Å². The van der Waals surface area contributed by atoms with Crippen molar-refractivity contribution >= 4 is 11.7 Å². The van der Waals surface area contributed by atoms with Crippen molar-refractivity contribution in [2.45, 2.75) is 26.3 Å². The molecular formula is C15H20N2O4. The number of rotatable bonds is 4. The smallest absolute Gasteiger partial charge is 0.325 e. The molecule has 1 aromatic rings. The maximum absolute atomic E-state index is 11.7. The van der Waals surface area contributed by atoms with Gasteiger partial charge in [-0.1, -0.05) is 26.0 Å². The predicted octanol–water partition coefficient (Wildman–Crippen LogP) is 2.70. The zero-order valence-electron chi connectivity index (χ0n) is 12.2. The number of hydrogen-bond acceptors (Lipinski definition) is 4. The van der Waals surface area contributed by atoms with E-state index in [0.29, 0.717) is 30.5 Å². The summed E-state index contributed by atoms with van der Waals surface area (Å²) < 4.78 is 0. The first kappa shape index (κ1) is 15.4. The Hall–Kier alpha value is -1.95. The number of likely N-dealkylation sites (tertiary alicyclic amines) is 1. The van der Waals surface area contributed by atoms with E-state index >= 15 is 0 Å². The normalized spacial score (nSPS) is 24.5. The Balaban J connectivity index is 2.32. The number of piperidine rings is 1. The SMILES string of the molecule is CC1CC(C)CN(C(C(=O)O)c2cccc([N+](=O)[O-])c2)C1. The van der Waals surface area contributed by atoms with Crippen LogP contribution in [0.1, 0.15) is 31.9 Å². The Morgan fingerprint density at radius 1 is 1.38 bits per heavy atom. The van der Waals surface area contributed by atoms with Gasteiger partial charge >= 0.3 is 5.97 Å². The molecule has 0 amide bonds. The molecule has 1 aliphatic rings. The third-order valence-electron chi connectivity index (χ3n) is 3.89. The summed E-state index contributed by atoms with van der Waals surface area (Å²) in [5.74, 6) is -0.111. The van der Waals surface area contributed by atoms with Crippen LogP contribution in [0.3, 0.4) is 0 Å². The number of nitro benzene ring substituents is 1. The summed E-state index contributed by atoms with van der Waals surface area (Å²) in [4.78, 5) is 24.0. The molecule has 1 saturated heterocycles. The molecule has 0 bridgehead atoms. The molecular weight excluding hydrogens is 272 g/mol. The summed E-state index contributed by atoms with van der Waals surface area (Å²) in [7, 11) is 0. The lowest BCUT2D eigenvalue weighted by Crippen LogP contribution is -2.43. The van der Waals surface area contributed by atoms with E-state index in [0.717, 1.165) is 6.42 Å². The number of carboxylic acid groups (broad SMARTS) is 1. The van der Waals surface area contributed by atoms with Gasteiger partial charge in [-0.25, -0.2) is 0 Å². The number of nitro groups is 1.